The minimum atomic E-state index is -4.03. The average Bonchev–Trinajstić information content (AvgIpc) is 2.62. The van der Waals surface area contributed by atoms with Gasteiger partial charge in [-0.15, -0.1) is 4.83 Å². The number of esters is 1. The van der Waals surface area contributed by atoms with Crippen molar-refractivity contribution in [1.82, 2.24) is 14.8 Å². The van der Waals surface area contributed by atoms with Gasteiger partial charge in [0.2, 0.25) is 0 Å². The predicted molar refractivity (Wildman–Crippen MR) is 91.6 cm³/mol. The summed E-state index contributed by atoms with van der Waals surface area (Å²) >= 11 is 0. The average molecular weight is 379 g/mol. The Labute approximate surface area is 149 Å². The van der Waals surface area contributed by atoms with Gasteiger partial charge in [0, 0.05) is 12.3 Å². The van der Waals surface area contributed by atoms with Crippen molar-refractivity contribution in [1.29, 1.82) is 0 Å². The van der Waals surface area contributed by atoms with Gasteiger partial charge in [0.15, 0.2) is 0 Å². The third-order valence-corrected chi connectivity index (χ3v) is 4.48. The van der Waals surface area contributed by atoms with Crippen molar-refractivity contribution in [3.05, 3.63) is 64.6 Å². The summed E-state index contributed by atoms with van der Waals surface area (Å²) in [6.07, 6.45) is 1.41. The lowest BCUT2D eigenvalue weighted by Crippen LogP contribution is -2.44. The summed E-state index contributed by atoms with van der Waals surface area (Å²) in [7, 11) is -4.03. The van der Waals surface area contributed by atoms with E-state index in [2.05, 4.69) is 0 Å². The Morgan fingerprint density at radius 3 is 2.42 bits per heavy atom. The molecular weight excluding hydrogens is 362 g/mol. The summed E-state index contributed by atoms with van der Waals surface area (Å²) in [6, 6.07) is 9.41. The zero-order valence-electron chi connectivity index (χ0n) is 13.8. The summed E-state index contributed by atoms with van der Waals surface area (Å²) in [5.41, 5.74) is 1.84. The summed E-state index contributed by atoms with van der Waals surface area (Å²) in [5.74, 6) is -1.28. The van der Waals surface area contributed by atoms with Crippen LogP contribution in [0.15, 0.2) is 58.4 Å². The molecule has 9 nitrogen and oxygen atoms in total. The number of hydrogen-bond donors (Lipinski definition) is 2. The molecule has 0 saturated carbocycles. The molecule has 0 aliphatic rings. The molecule has 138 valence electrons. The number of nitrogens with zero attached hydrogens (tertiary/aromatic N) is 1. The molecule has 10 heteroatoms. The number of pyridine rings is 1. The Balaban J connectivity index is 2.00. The van der Waals surface area contributed by atoms with E-state index < -0.39 is 21.9 Å². The number of aromatic nitrogens is 1. The molecule has 2 N–H and O–H groups in total. The zero-order chi connectivity index (χ0) is 19.2. The van der Waals surface area contributed by atoms with Crippen molar-refractivity contribution in [3.8, 4) is 0 Å². The monoisotopic (exact) mass is 379 g/mol. The highest BCUT2D eigenvalue weighted by Gasteiger charge is 2.16. The highest BCUT2D eigenvalue weighted by Crippen LogP contribution is 2.11. The van der Waals surface area contributed by atoms with Crippen LogP contribution in [0.4, 0.5) is 0 Å². The first-order chi connectivity index (χ1) is 12.3. The molecule has 0 radical (unpaired) electrons. The number of hydrogen-bond acceptors (Lipinski definition) is 6. The normalized spacial score (nSPS) is 11.0. The number of sulfonamides is 1. The Morgan fingerprint density at radius 2 is 1.81 bits per heavy atom. The molecule has 0 saturated heterocycles. The maximum absolute atomic E-state index is 12.2. The number of amides is 1. The van der Waals surface area contributed by atoms with Crippen LogP contribution in [0, 0.1) is 0 Å². The molecule has 1 aromatic heterocycles. The molecule has 0 spiro atoms. The van der Waals surface area contributed by atoms with Gasteiger partial charge < -0.3 is 9.30 Å². The van der Waals surface area contributed by atoms with E-state index in [1.54, 1.807) is 13.0 Å². The second-order valence-corrected chi connectivity index (χ2v) is 6.75. The van der Waals surface area contributed by atoms with E-state index >= 15 is 0 Å². The van der Waals surface area contributed by atoms with Crippen LogP contribution in [0.2, 0.25) is 0 Å². The van der Waals surface area contributed by atoms with Crippen molar-refractivity contribution < 1.29 is 22.7 Å². The summed E-state index contributed by atoms with van der Waals surface area (Å²) in [4.78, 5) is 36.6. The first-order valence-electron chi connectivity index (χ1n) is 7.57. The second kappa shape index (κ2) is 8.41. The lowest BCUT2D eigenvalue weighted by atomic mass is 10.2. The fourth-order valence-electron chi connectivity index (χ4n) is 1.95. The zero-order valence-corrected chi connectivity index (χ0v) is 14.7. The molecule has 2 aromatic rings. The lowest BCUT2D eigenvalue weighted by Gasteiger charge is -2.10. The molecule has 1 heterocycles. The minimum Gasteiger partial charge on any atom is -0.462 e. The Morgan fingerprint density at radius 1 is 1.12 bits per heavy atom. The molecule has 1 amide bonds. The van der Waals surface area contributed by atoms with Crippen LogP contribution in [-0.4, -0.2) is 31.5 Å². The maximum atomic E-state index is 12.2. The predicted octanol–water partition coefficient (Wildman–Crippen LogP) is 0.0347. The van der Waals surface area contributed by atoms with E-state index in [-0.39, 0.29) is 29.2 Å². The van der Waals surface area contributed by atoms with Gasteiger partial charge in [0.25, 0.3) is 21.5 Å². The third kappa shape index (κ3) is 5.01. The van der Waals surface area contributed by atoms with Gasteiger partial charge in [-0.05, 0) is 37.3 Å². The fourth-order valence-corrected chi connectivity index (χ4v) is 2.81. The molecule has 2 rings (SSSR count). The molecule has 0 aliphatic heterocycles. The van der Waals surface area contributed by atoms with Crippen LogP contribution >= 0.6 is 0 Å². The summed E-state index contributed by atoms with van der Waals surface area (Å²) in [5, 5.41) is 0. The van der Waals surface area contributed by atoms with Gasteiger partial charge in [-0.25, -0.2) is 13.2 Å². The van der Waals surface area contributed by atoms with Crippen molar-refractivity contribution in [3.63, 3.8) is 0 Å². The van der Waals surface area contributed by atoms with Crippen molar-refractivity contribution >= 4 is 21.9 Å². The topological polar surface area (TPSA) is 124 Å². The highest BCUT2D eigenvalue weighted by molar-refractivity contribution is 7.89. The van der Waals surface area contributed by atoms with Gasteiger partial charge in [-0.1, -0.05) is 6.07 Å². The van der Waals surface area contributed by atoms with Crippen LogP contribution in [0.3, 0.4) is 0 Å². The molecular formula is C16H17N3O6S. The number of rotatable bonds is 7. The molecule has 0 fully saturated rings. The van der Waals surface area contributed by atoms with Crippen LogP contribution < -0.4 is 15.8 Å². The Kier molecular flexibility index (Phi) is 6.26. The summed E-state index contributed by atoms with van der Waals surface area (Å²) in [6.45, 7) is 1.52. The highest BCUT2D eigenvalue weighted by atomic mass is 32.2. The maximum Gasteiger partial charge on any atom is 0.338 e. The van der Waals surface area contributed by atoms with E-state index in [1.807, 2.05) is 10.3 Å². The SMILES string of the molecule is CCOC(=O)c1ccc(S(=O)(=O)NNC(=O)Cn2ccccc2=O)cc1. The van der Waals surface area contributed by atoms with Gasteiger partial charge in [0.05, 0.1) is 17.1 Å². The van der Waals surface area contributed by atoms with Gasteiger partial charge >= 0.3 is 5.97 Å². The standard InChI is InChI=1S/C16H17N3O6S/c1-2-25-16(22)12-6-8-13(9-7-12)26(23,24)18-17-14(20)11-19-10-4-3-5-15(19)21/h3-10,18H,2,11H2,1H3,(H,17,20). The largest absolute Gasteiger partial charge is 0.462 e. The first-order valence-corrected chi connectivity index (χ1v) is 9.05. The lowest BCUT2D eigenvalue weighted by molar-refractivity contribution is -0.122. The van der Waals surface area contributed by atoms with E-state index in [0.29, 0.717) is 0 Å². The molecule has 1 aromatic carbocycles. The van der Waals surface area contributed by atoms with Crippen LogP contribution in [0.25, 0.3) is 0 Å². The number of ether oxygens (including phenoxy) is 1. The van der Waals surface area contributed by atoms with E-state index in [0.717, 1.165) is 4.57 Å². The summed E-state index contributed by atoms with van der Waals surface area (Å²) < 4.78 is 30.2. The van der Waals surface area contributed by atoms with Crippen molar-refractivity contribution in [2.75, 3.05) is 6.61 Å². The number of carbonyl (C=O) groups excluding carboxylic acids is 2. The molecule has 0 bridgehead atoms. The molecule has 0 aliphatic carbocycles. The van der Waals surface area contributed by atoms with E-state index in [9.17, 15) is 22.8 Å². The smallest absolute Gasteiger partial charge is 0.338 e. The molecule has 26 heavy (non-hydrogen) atoms. The number of benzene rings is 1. The van der Waals surface area contributed by atoms with Crippen LogP contribution in [0.5, 0.6) is 0 Å². The number of carbonyl (C=O) groups is 2. The van der Waals surface area contributed by atoms with Crippen LogP contribution in [-0.2, 0) is 26.1 Å². The number of hydrazine groups is 1. The van der Waals surface area contributed by atoms with Crippen molar-refractivity contribution in [2.24, 2.45) is 0 Å². The Hall–Kier alpha value is -2.98. The van der Waals surface area contributed by atoms with Crippen molar-refractivity contribution in [2.45, 2.75) is 18.4 Å². The Bertz CT molecular complexity index is 950. The quantitative estimate of drug-likeness (QED) is 0.517. The fraction of sp³-hybridized carbons (Fsp3) is 0.188. The third-order valence-electron chi connectivity index (χ3n) is 3.21. The van der Waals surface area contributed by atoms with E-state index in [1.165, 1.54) is 42.6 Å². The molecule has 0 unspecified atom stereocenters. The first kappa shape index (κ1) is 19.3. The van der Waals surface area contributed by atoms with Crippen LogP contribution in [0.1, 0.15) is 17.3 Å². The van der Waals surface area contributed by atoms with Gasteiger partial charge in [-0.2, -0.15) is 0 Å². The second-order valence-electron chi connectivity index (χ2n) is 5.07. The van der Waals surface area contributed by atoms with Gasteiger partial charge in [-0.3, -0.25) is 15.0 Å². The van der Waals surface area contributed by atoms with Gasteiger partial charge in [0.1, 0.15) is 6.54 Å². The molecule has 0 atom stereocenters. The number of nitrogens with one attached hydrogen (secondary N) is 2. The minimum absolute atomic E-state index is 0.150. The van der Waals surface area contributed by atoms with E-state index in [4.69, 9.17) is 4.74 Å².